The number of nitrogens with one attached hydrogen (secondary N) is 1. The Kier molecular flexibility index (Phi) is 8.27. The summed E-state index contributed by atoms with van der Waals surface area (Å²) in [5, 5.41) is 12.9. The minimum Gasteiger partial charge on any atom is -0.494 e. The van der Waals surface area contributed by atoms with Gasteiger partial charge in [0.1, 0.15) is 10.6 Å². The van der Waals surface area contributed by atoms with Crippen molar-refractivity contribution in [1.82, 2.24) is 5.32 Å². The molecule has 1 N–H and O–H groups in total. The Morgan fingerprint density at radius 2 is 1.83 bits per heavy atom. The SMILES string of the molecule is CCCC[C@H]1SC(=NN=Cc2c(OS(=O)(=O)c3ccc(OCC)cc3)ccc3ccccc23)NC1=O. The van der Waals surface area contributed by atoms with Crippen molar-refractivity contribution >= 4 is 49.9 Å². The number of rotatable bonds is 10. The minimum absolute atomic E-state index is 0.00503. The van der Waals surface area contributed by atoms with Gasteiger partial charge in [-0.15, -0.1) is 5.10 Å². The fraction of sp³-hybridized carbons (Fsp3) is 0.269. The van der Waals surface area contributed by atoms with Crippen LogP contribution in [0.2, 0.25) is 0 Å². The largest absolute Gasteiger partial charge is 0.494 e. The van der Waals surface area contributed by atoms with E-state index in [4.69, 9.17) is 8.92 Å². The van der Waals surface area contributed by atoms with Crippen LogP contribution in [0.4, 0.5) is 0 Å². The van der Waals surface area contributed by atoms with Crippen molar-refractivity contribution in [2.75, 3.05) is 6.61 Å². The summed E-state index contributed by atoms with van der Waals surface area (Å²) in [7, 11) is -4.11. The molecule has 0 bridgehead atoms. The molecule has 3 aromatic carbocycles. The van der Waals surface area contributed by atoms with Gasteiger partial charge in [0, 0.05) is 5.56 Å². The van der Waals surface area contributed by atoms with Gasteiger partial charge >= 0.3 is 10.1 Å². The van der Waals surface area contributed by atoms with E-state index in [0.29, 0.717) is 23.1 Å². The van der Waals surface area contributed by atoms with Crippen LogP contribution in [-0.4, -0.2) is 37.6 Å². The van der Waals surface area contributed by atoms with Crippen LogP contribution in [-0.2, 0) is 14.9 Å². The van der Waals surface area contributed by atoms with Gasteiger partial charge < -0.3 is 14.2 Å². The molecular formula is C26H27N3O5S2. The molecular weight excluding hydrogens is 498 g/mol. The lowest BCUT2D eigenvalue weighted by molar-refractivity contribution is -0.118. The van der Waals surface area contributed by atoms with E-state index in [0.717, 1.165) is 30.0 Å². The van der Waals surface area contributed by atoms with Crippen molar-refractivity contribution in [3.05, 3.63) is 66.2 Å². The van der Waals surface area contributed by atoms with E-state index in [1.165, 1.54) is 30.1 Å². The molecule has 1 aliphatic rings. The molecule has 36 heavy (non-hydrogen) atoms. The third-order valence-corrected chi connectivity index (χ3v) is 7.88. The monoisotopic (exact) mass is 525 g/mol. The number of unbranched alkanes of at least 4 members (excludes halogenated alkanes) is 1. The predicted molar refractivity (Wildman–Crippen MR) is 143 cm³/mol. The van der Waals surface area contributed by atoms with Crippen molar-refractivity contribution in [3.63, 3.8) is 0 Å². The first kappa shape index (κ1) is 25.7. The fourth-order valence-electron chi connectivity index (χ4n) is 3.69. The molecule has 1 aliphatic heterocycles. The van der Waals surface area contributed by atoms with Gasteiger partial charge in [-0.25, -0.2) is 0 Å². The van der Waals surface area contributed by atoms with Crippen molar-refractivity contribution in [3.8, 4) is 11.5 Å². The van der Waals surface area contributed by atoms with E-state index in [1.54, 1.807) is 24.3 Å². The Morgan fingerprint density at radius 1 is 1.06 bits per heavy atom. The number of fused-ring (bicyclic) bond motifs is 1. The van der Waals surface area contributed by atoms with Gasteiger partial charge in [-0.3, -0.25) is 4.79 Å². The zero-order chi connectivity index (χ0) is 25.5. The second kappa shape index (κ2) is 11.6. The van der Waals surface area contributed by atoms with Crippen molar-refractivity contribution < 1.29 is 22.1 Å². The molecule has 1 amide bonds. The Bertz CT molecular complexity index is 1400. The van der Waals surface area contributed by atoms with Crippen molar-refractivity contribution in [2.45, 2.75) is 43.3 Å². The van der Waals surface area contributed by atoms with E-state index in [2.05, 4.69) is 22.4 Å². The lowest BCUT2D eigenvalue weighted by Gasteiger charge is -2.12. The zero-order valence-electron chi connectivity index (χ0n) is 20.0. The predicted octanol–water partition coefficient (Wildman–Crippen LogP) is 5.12. The van der Waals surface area contributed by atoms with E-state index < -0.39 is 10.1 Å². The van der Waals surface area contributed by atoms with Gasteiger partial charge in [0.25, 0.3) is 0 Å². The minimum atomic E-state index is -4.11. The van der Waals surface area contributed by atoms with E-state index >= 15 is 0 Å². The van der Waals surface area contributed by atoms with Crippen LogP contribution in [0.3, 0.4) is 0 Å². The van der Waals surface area contributed by atoms with E-state index in [1.807, 2.05) is 31.2 Å². The molecule has 0 saturated carbocycles. The van der Waals surface area contributed by atoms with Gasteiger partial charge in [-0.1, -0.05) is 61.9 Å². The van der Waals surface area contributed by atoms with Gasteiger partial charge in [0.15, 0.2) is 10.9 Å². The third kappa shape index (κ3) is 6.06. The number of amides is 1. The molecule has 10 heteroatoms. The Hall–Kier alpha value is -3.37. The molecule has 3 aromatic rings. The number of ether oxygens (including phenoxy) is 1. The van der Waals surface area contributed by atoms with Crippen molar-refractivity contribution in [1.29, 1.82) is 0 Å². The highest BCUT2D eigenvalue weighted by molar-refractivity contribution is 8.15. The molecule has 0 aromatic heterocycles. The molecule has 188 valence electrons. The first-order chi connectivity index (χ1) is 17.4. The third-order valence-electron chi connectivity index (χ3n) is 5.49. The quantitative estimate of drug-likeness (QED) is 0.224. The van der Waals surface area contributed by atoms with E-state index in [-0.39, 0.29) is 21.8 Å². The van der Waals surface area contributed by atoms with Crippen LogP contribution in [0.1, 0.15) is 38.7 Å². The zero-order valence-corrected chi connectivity index (χ0v) is 21.6. The molecule has 1 fully saturated rings. The lowest BCUT2D eigenvalue weighted by Crippen LogP contribution is -2.24. The Labute approximate surface area is 214 Å². The summed E-state index contributed by atoms with van der Waals surface area (Å²) >= 11 is 1.35. The molecule has 0 aliphatic carbocycles. The number of amidine groups is 1. The molecule has 0 spiro atoms. The standard InChI is InChI=1S/C26H27N3O5S2/c1-3-5-10-24-25(30)28-26(35-24)29-27-17-22-21-9-7-6-8-18(21)11-16-23(22)34-36(31,32)20-14-12-19(13-15-20)33-4-2/h6-9,11-17,24H,3-5,10H2,1-2H3,(H,28,29,30)/t24-/m1/s1. The maximum absolute atomic E-state index is 13.0. The maximum Gasteiger partial charge on any atom is 0.339 e. The van der Waals surface area contributed by atoms with Crippen LogP contribution in [0.5, 0.6) is 11.5 Å². The summed E-state index contributed by atoms with van der Waals surface area (Å²) < 4.78 is 37.0. The fourth-order valence-corrected chi connectivity index (χ4v) is 5.61. The summed E-state index contributed by atoms with van der Waals surface area (Å²) in [4.78, 5) is 12.1. The molecule has 1 atom stereocenters. The molecule has 1 heterocycles. The number of carbonyl (C=O) groups is 1. The topological polar surface area (TPSA) is 106 Å². The average Bonchev–Trinajstić information content (AvgIpc) is 3.23. The second-order valence-electron chi connectivity index (χ2n) is 8.03. The number of carbonyl (C=O) groups excluding carboxylic acids is 1. The molecule has 1 saturated heterocycles. The summed E-state index contributed by atoms with van der Waals surface area (Å²) in [5.41, 5.74) is 0.462. The first-order valence-corrected chi connectivity index (χ1v) is 14.0. The van der Waals surface area contributed by atoms with Gasteiger partial charge in [0.05, 0.1) is 18.1 Å². The van der Waals surface area contributed by atoms with Crippen LogP contribution in [0, 0.1) is 0 Å². The van der Waals surface area contributed by atoms with Crippen molar-refractivity contribution in [2.24, 2.45) is 10.2 Å². The van der Waals surface area contributed by atoms with Gasteiger partial charge in [0.2, 0.25) is 5.91 Å². The molecule has 0 unspecified atom stereocenters. The maximum atomic E-state index is 13.0. The number of thioether (sulfide) groups is 1. The second-order valence-corrected chi connectivity index (χ2v) is 10.8. The van der Waals surface area contributed by atoms with Crippen LogP contribution < -0.4 is 14.2 Å². The van der Waals surface area contributed by atoms with Gasteiger partial charge in [-0.2, -0.15) is 13.5 Å². The Balaban J connectivity index is 1.62. The molecule has 8 nitrogen and oxygen atoms in total. The highest BCUT2D eigenvalue weighted by Gasteiger charge is 2.29. The summed E-state index contributed by atoms with van der Waals surface area (Å²) in [6.07, 6.45) is 4.20. The van der Waals surface area contributed by atoms with Gasteiger partial charge in [-0.05, 0) is 54.4 Å². The van der Waals surface area contributed by atoms with Crippen LogP contribution in [0.25, 0.3) is 10.8 Å². The van der Waals surface area contributed by atoms with E-state index in [9.17, 15) is 13.2 Å². The normalized spacial score (nSPS) is 17.1. The summed E-state index contributed by atoms with van der Waals surface area (Å²) in [6.45, 7) is 4.41. The number of nitrogens with zero attached hydrogens (tertiary/aromatic N) is 2. The van der Waals surface area contributed by atoms with Crippen LogP contribution >= 0.6 is 11.8 Å². The van der Waals surface area contributed by atoms with Crippen LogP contribution in [0.15, 0.2) is 75.8 Å². The summed E-state index contributed by atoms with van der Waals surface area (Å²) in [6, 6.07) is 16.9. The smallest absolute Gasteiger partial charge is 0.339 e. The lowest BCUT2D eigenvalue weighted by atomic mass is 10.0. The summed E-state index contributed by atoms with van der Waals surface area (Å²) in [5.74, 6) is 0.622. The molecule has 4 rings (SSSR count). The highest BCUT2D eigenvalue weighted by Crippen LogP contribution is 2.30. The number of hydrogen-bond acceptors (Lipinski definition) is 8. The number of hydrogen-bond donors (Lipinski definition) is 1. The number of benzene rings is 3. The highest BCUT2D eigenvalue weighted by atomic mass is 32.2. The average molecular weight is 526 g/mol. The Morgan fingerprint density at radius 3 is 2.58 bits per heavy atom. The molecule has 0 radical (unpaired) electrons. The first-order valence-electron chi connectivity index (χ1n) is 11.7.